The first kappa shape index (κ1) is 10.1. The molecule has 1 aliphatic rings. The highest BCUT2D eigenvalue weighted by Crippen LogP contribution is 2.26. The molecule has 6 nitrogen and oxygen atoms in total. The van der Waals surface area contributed by atoms with Gasteiger partial charge >= 0.3 is 0 Å². The van der Waals surface area contributed by atoms with Crippen LogP contribution in [0.15, 0.2) is 29.2 Å². The van der Waals surface area contributed by atoms with Gasteiger partial charge in [-0.05, 0) is 6.07 Å². The largest absolute Gasteiger partial charge is 0.270 e. The zero-order valence-corrected chi connectivity index (χ0v) is 8.35. The van der Waals surface area contributed by atoms with Crippen molar-refractivity contribution in [2.75, 3.05) is 6.54 Å². The Morgan fingerprint density at radius 2 is 2.07 bits per heavy atom. The summed E-state index contributed by atoms with van der Waals surface area (Å²) in [4.78, 5) is 9.78. The maximum absolute atomic E-state index is 11.6. The number of nitro groups is 1. The topological polar surface area (TPSA) is 80.3 Å². The van der Waals surface area contributed by atoms with Gasteiger partial charge in [-0.3, -0.25) is 10.1 Å². The zero-order chi connectivity index (χ0) is 11.1. The van der Waals surface area contributed by atoms with Gasteiger partial charge in [0.2, 0.25) is 10.0 Å². The summed E-state index contributed by atoms with van der Waals surface area (Å²) in [5.41, 5.74) is -0.224. The van der Waals surface area contributed by atoms with Crippen molar-refractivity contribution in [1.29, 1.82) is 0 Å². The molecule has 1 aliphatic heterocycles. The lowest BCUT2D eigenvalue weighted by molar-refractivity contribution is -0.385. The molecule has 0 bridgehead atoms. The van der Waals surface area contributed by atoms with E-state index in [2.05, 4.69) is 0 Å². The van der Waals surface area contributed by atoms with Crippen molar-refractivity contribution >= 4 is 15.7 Å². The summed E-state index contributed by atoms with van der Waals surface area (Å²) < 4.78 is 24.4. The molecule has 7 heteroatoms. The first-order chi connectivity index (χ1) is 7.01. The van der Waals surface area contributed by atoms with Crippen LogP contribution in [0.4, 0.5) is 5.69 Å². The lowest BCUT2D eigenvalue weighted by Gasteiger charge is -2.02. The molecule has 1 saturated heterocycles. The number of nitro benzene ring substituents is 1. The van der Waals surface area contributed by atoms with Crippen LogP contribution in [0.5, 0.6) is 0 Å². The van der Waals surface area contributed by atoms with E-state index >= 15 is 0 Å². The van der Waals surface area contributed by atoms with Gasteiger partial charge in [-0.15, -0.1) is 0 Å². The van der Waals surface area contributed by atoms with Crippen LogP contribution in [-0.2, 0) is 10.0 Å². The van der Waals surface area contributed by atoms with Crippen molar-refractivity contribution in [3.8, 4) is 0 Å². The molecule has 1 aromatic rings. The Morgan fingerprint density at radius 1 is 1.40 bits per heavy atom. The van der Waals surface area contributed by atoms with E-state index in [0.717, 1.165) is 10.4 Å². The Morgan fingerprint density at radius 3 is 2.60 bits per heavy atom. The van der Waals surface area contributed by atoms with Gasteiger partial charge in [-0.1, -0.05) is 6.07 Å². The minimum absolute atomic E-state index is 0.0505. The van der Waals surface area contributed by atoms with Crippen molar-refractivity contribution in [3.05, 3.63) is 40.9 Å². The summed E-state index contributed by atoms with van der Waals surface area (Å²) in [5, 5.41) is 10.5. The predicted octanol–water partition coefficient (Wildman–Crippen LogP) is 0.761. The van der Waals surface area contributed by atoms with Crippen LogP contribution in [0.3, 0.4) is 0 Å². The smallest absolute Gasteiger partial charge is 0.258 e. The van der Waals surface area contributed by atoms with Gasteiger partial charge in [0.15, 0.2) is 0 Å². The first-order valence-electron chi connectivity index (χ1n) is 4.11. The Bertz CT molecular complexity index is 507. The van der Waals surface area contributed by atoms with Gasteiger partial charge in [0.05, 0.1) is 16.4 Å². The van der Waals surface area contributed by atoms with E-state index in [-0.39, 0.29) is 10.6 Å². The van der Waals surface area contributed by atoms with E-state index in [9.17, 15) is 18.5 Å². The van der Waals surface area contributed by atoms with Crippen LogP contribution < -0.4 is 0 Å². The molecule has 1 radical (unpaired) electrons. The molecule has 2 rings (SSSR count). The highest BCUT2D eigenvalue weighted by molar-refractivity contribution is 7.89. The van der Waals surface area contributed by atoms with Gasteiger partial charge < -0.3 is 0 Å². The van der Waals surface area contributed by atoms with Crippen LogP contribution in [0.2, 0.25) is 0 Å². The minimum atomic E-state index is -3.55. The fourth-order valence-corrected chi connectivity index (χ4v) is 2.37. The second-order valence-electron chi connectivity index (χ2n) is 3.01. The summed E-state index contributed by atoms with van der Waals surface area (Å²) in [6, 6.07) is 5.01. The van der Waals surface area contributed by atoms with Crippen molar-refractivity contribution in [1.82, 2.24) is 4.31 Å². The van der Waals surface area contributed by atoms with Gasteiger partial charge in [0.1, 0.15) is 0 Å². The number of nitrogens with zero attached hydrogens (tertiary/aromatic N) is 2. The standard InChI is InChI=1S/C8H7N2O4S/c11-10(12)7-2-1-3-8(6-7)15(13,14)9-4-5-9/h1-4,6H,5H2. The van der Waals surface area contributed by atoms with Crippen LogP contribution in [0, 0.1) is 16.7 Å². The van der Waals surface area contributed by atoms with E-state index in [1.165, 1.54) is 24.7 Å². The van der Waals surface area contributed by atoms with Crippen molar-refractivity contribution in [2.45, 2.75) is 4.90 Å². The minimum Gasteiger partial charge on any atom is -0.258 e. The molecule has 1 unspecified atom stereocenters. The maximum Gasteiger partial charge on any atom is 0.270 e. The molecule has 1 fully saturated rings. The predicted molar refractivity (Wildman–Crippen MR) is 51.3 cm³/mol. The zero-order valence-electron chi connectivity index (χ0n) is 7.53. The van der Waals surface area contributed by atoms with Gasteiger partial charge in [0.25, 0.3) is 5.69 Å². The molecule has 0 aliphatic carbocycles. The number of rotatable bonds is 3. The first-order valence-corrected chi connectivity index (χ1v) is 5.55. The van der Waals surface area contributed by atoms with Crippen LogP contribution >= 0.6 is 0 Å². The highest BCUT2D eigenvalue weighted by Gasteiger charge is 2.34. The Balaban J connectivity index is 2.45. The molecule has 0 spiro atoms. The fourth-order valence-electron chi connectivity index (χ4n) is 1.12. The van der Waals surface area contributed by atoms with Crippen LogP contribution in [0.1, 0.15) is 0 Å². The molecule has 0 amide bonds. The third-order valence-electron chi connectivity index (χ3n) is 1.97. The lowest BCUT2D eigenvalue weighted by Crippen LogP contribution is -2.10. The monoisotopic (exact) mass is 227 g/mol. The van der Waals surface area contributed by atoms with Crippen LogP contribution in [-0.4, -0.2) is 24.2 Å². The number of hydrogen-bond acceptors (Lipinski definition) is 4. The number of non-ortho nitro benzene ring substituents is 1. The molecule has 79 valence electrons. The number of sulfonamides is 1. The quantitative estimate of drug-likeness (QED) is 0.433. The lowest BCUT2D eigenvalue weighted by atomic mass is 10.3. The van der Waals surface area contributed by atoms with Crippen molar-refractivity contribution < 1.29 is 13.3 Å². The summed E-state index contributed by atoms with van der Waals surface area (Å²) >= 11 is 0. The Kier molecular flexibility index (Phi) is 2.20. The van der Waals surface area contributed by atoms with Crippen molar-refractivity contribution in [2.24, 2.45) is 0 Å². The molecule has 1 heterocycles. The molecule has 0 saturated carbocycles. The Labute approximate surface area is 86.3 Å². The molecule has 15 heavy (non-hydrogen) atoms. The molecular formula is C8H7N2O4S. The third-order valence-corrected chi connectivity index (χ3v) is 3.73. The van der Waals surface area contributed by atoms with Gasteiger partial charge in [-0.2, -0.15) is 4.31 Å². The molecule has 1 aromatic carbocycles. The average Bonchev–Trinajstić information content (AvgIpc) is 3.01. The van der Waals surface area contributed by atoms with E-state index < -0.39 is 14.9 Å². The molecule has 0 N–H and O–H groups in total. The van der Waals surface area contributed by atoms with E-state index in [0.29, 0.717) is 6.54 Å². The number of hydrogen-bond donors (Lipinski definition) is 0. The third kappa shape index (κ3) is 1.83. The summed E-state index contributed by atoms with van der Waals surface area (Å²) in [6.07, 6.45) is 0. The van der Waals surface area contributed by atoms with Gasteiger partial charge in [0, 0.05) is 18.7 Å². The van der Waals surface area contributed by atoms with Gasteiger partial charge in [-0.25, -0.2) is 8.42 Å². The summed E-state index contributed by atoms with van der Waals surface area (Å²) in [6.45, 7) is 1.86. The number of benzene rings is 1. The maximum atomic E-state index is 11.6. The normalized spacial score (nSPS) is 16.3. The van der Waals surface area contributed by atoms with Crippen LogP contribution in [0.25, 0.3) is 0 Å². The van der Waals surface area contributed by atoms with Crippen molar-refractivity contribution in [3.63, 3.8) is 0 Å². The second-order valence-corrected chi connectivity index (χ2v) is 4.90. The second kappa shape index (κ2) is 3.28. The fraction of sp³-hybridized carbons (Fsp3) is 0.125. The van der Waals surface area contributed by atoms with E-state index in [4.69, 9.17) is 0 Å². The highest BCUT2D eigenvalue weighted by atomic mass is 32.2. The molecular weight excluding hydrogens is 220 g/mol. The SMILES string of the molecule is O=[N+]([O-])c1cccc(S(=O)(=O)N2[CH]C2)c1. The summed E-state index contributed by atoms with van der Waals surface area (Å²) in [5.74, 6) is 0. The molecule has 0 aromatic heterocycles. The molecule has 1 atom stereocenters. The average molecular weight is 227 g/mol. The van der Waals surface area contributed by atoms with E-state index in [1.54, 1.807) is 0 Å². The summed E-state index contributed by atoms with van der Waals surface area (Å²) in [7, 11) is -3.55. The van der Waals surface area contributed by atoms with E-state index in [1.807, 2.05) is 0 Å². The Hall–Kier alpha value is -1.47.